The van der Waals surface area contributed by atoms with Crippen molar-refractivity contribution in [2.75, 3.05) is 11.1 Å². The number of rotatable bonds is 7. The van der Waals surface area contributed by atoms with Gasteiger partial charge in [-0.25, -0.2) is 0 Å². The summed E-state index contributed by atoms with van der Waals surface area (Å²) >= 11 is 0. The van der Waals surface area contributed by atoms with Gasteiger partial charge in [0.1, 0.15) is 17.5 Å². The third-order valence-electron chi connectivity index (χ3n) is 4.79. The fraction of sp³-hybridized carbons (Fsp3) is 0.160. The Hall–Kier alpha value is -4.31. The van der Waals surface area contributed by atoms with Crippen molar-refractivity contribution < 1.29 is 4.74 Å². The molecule has 3 N–H and O–H groups in total. The van der Waals surface area contributed by atoms with Gasteiger partial charge in [0.05, 0.1) is 24.5 Å². The molecule has 0 amide bonds. The summed E-state index contributed by atoms with van der Waals surface area (Å²) in [6, 6.07) is 21.9. The number of nitriles is 1. The van der Waals surface area contributed by atoms with Crippen molar-refractivity contribution >= 4 is 17.2 Å². The van der Waals surface area contributed by atoms with Gasteiger partial charge >= 0.3 is 0 Å². The molecule has 2 heterocycles. The van der Waals surface area contributed by atoms with Gasteiger partial charge in [-0.15, -0.1) is 0 Å². The lowest BCUT2D eigenvalue weighted by Gasteiger charge is -2.14. The van der Waals surface area contributed by atoms with Gasteiger partial charge in [-0.05, 0) is 37.1 Å². The number of hydrogen-bond acceptors (Lipinski definition) is 6. The van der Waals surface area contributed by atoms with Crippen molar-refractivity contribution in [3.63, 3.8) is 0 Å². The molecule has 0 spiro atoms. The molecule has 0 aliphatic carbocycles. The first-order chi connectivity index (χ1) is 15.5. The lowest BCUT2D eigenvalue weighted by molar-refractivity contribution is 0.232. The summed E-state index contributed by atoms with van der Waals surface area (Å²) in [5.74, 6) is 0.744. The van der Waals surface area contributed by atoms with E-state index in [0.29, 0.717) is 11.5 Å². The smallest absolute Gasteiger partial charge is 0.236 e. The van der Waals surface area contributed by atoms with Crippen molar-refractivity contribution in [3.05, 3.63) is 84.2 Å². The zero-order valence-electron chi connectivity index (χ0n) is 18.0. The second kappa shape index (κ2) is 9.23. The van der Waals surface area contributed by atoms with Crippen LogP contribution in [0.4, 0.5) is 17.2 Å². The molecule has 2 aromatic heterocycles. The fourth-order valence-corrected chi connectivity index (χ4v) is 3.29. The van der Waals surface area contributed by atoms with Crippen LogP contribution in [0.25, 0.3) is 11.1 Å². The van der Waals surface area contributed by atoms with Crippen LogP contribution in [0.1, 0.15) is 25.0 Å². The van der Waals surface area contributed by atoms with Gasteiger partial charge in [0.2, 0.25) is 5.88 Å². The molecule has 0 atom stereocenters. The summed E-state index contributed by atoms with van der Waals surface area (Å²) in [7, 11) is 0. The largest absolute Gasteiger partial charge is 0.474 e. The number of aromatic nitrogens is 3. The number of nitrogens with one attached hydrogen (secondary N) is 1. The first-order valence-corrected chi connectivity index (χ1v) is 10.3. The predicted octanol–water partition coefficient (Wildman–Crippen LogP) is 4.98. The molecule has 4 rings (SSSR count). The number of pyridine rings is 1. The third kappa shape index (κ3) is 4.87. The van der Waals surface area contributed by atoms with Crippen LogP contribution >= 0.6 is 0 Å². The molecule has 0 fully saturated rings. The highest BCUT2D eigenvalue weighted by Crippen LogP contribution is 2.28. The minimum Gasteiger partial charge on any atom is -0.474 e. The van der Waals surface area contributed by atoms with Gasteiger partial charge in [0, 0.05) is 23.5 Å². The van der Waals surface area contributed by atoms with E-state index in [0.717, 1.165) is 23.4 Å². The van der Waals surface area contributed by atoms with Crippen LogP contribution in [-0.4, -0.2) is 20.9 Å². The maximum absolute atomic E-state index is 9.34. The Morgan fingerprint density at radius 2 is 1.84 bits per heavy atom. The van der Waals surface area contributed by atoms with E-state index in [2.05, 4.69) is 33.6 Å². The van der Waals surface area contributed by atoms with E-state index < -0.39 is 0 Å². The minimum atomic E-state index is -0.119. The fourth-order valence-electron chi connectivity index (χ4n) is 3.29. The maximum Gasteiger partial charge on any atom is 0.236 e. The standard InChI is InChI=1S/C25H24N6O/c1-17(2)32-25-22(13-26)23(27)12-24(30-25)29-21-10-8-19(9-11-21)20-14-28-31(16-20)15-18-6-4-3-5-7-18/h3-12,14,16-17H,15H2,1-2H3,(H3,27,29,30). The maximum atomic E-state index is 9.34. The number of hydrogen-bond donors (Lipinski definition) is 2. The molecule has 0 unspecified atom stereocenters. The predicted molar refractivity (Wildman–Crippen MR) is 126 cm³/mol. The molecule has 0 saturated carbocycles. The first kappa shape index (κ1) is 20.9. The van der Waals surface area contributed by atoms with Crippen LogP contribution in [-0.2, 0) is 6.54 Å². The van der Waals surface area contributed by atoms with E-state index in [1.165, 1.54) is 5.56 Å². The van der Waals surface area contributed by atoms with Crippen LogP contribution in [0, 0.1) is 11.3 Å². The Labute approximate surface area is 187 Å². The first-order valence-electron chi connectivity index (χ1n) is 10.3. The number of nitrogens with zero attached hydrogens (tertiary/aromatic N) is 4. The summed E-state index contributed by atoms with van der Waals surface area (Å²) < 4.78 is 7.58. The zero-order chi connectivity index (χ0) is 22.5. The van der Waals surface area contributed by atoms with Crippen molar-refractivity contribution in [1.82, 2.24) is 14.8 Å². The molecule has 0 aliphatic rings. The van der Waals surface area contributed by atoms with E-state index in [1.807, 2.05) is 73.4 Å². The van der Waals surface area contributed by atoms with E-state index in [-0.39, 0.29) is 17.5 Å². The summed E-state index contributed by atoms with van der Waals surface area (Å²) in [5, 5.41) is 17.0. The average Bonchev–Trinajstić information content (AvgIpc) is 3.23. The molecule has 32 heavy (non-hydrogen) atoms. The Kier molecular flexibility index (Phi) is 6.04. The monoisotopic (exact) mass is 424 g/mol. The van der Waals surface area contributed by atoms with Gasteiger partial charge in [-0.3, -0.25) is 4.68 Å². The van der Waals surface area contributed by atoms with Crippen LogP contribution in [0.3, 0.4) is 0 Å². The minimum absolute atomic E-state index is 0.119. The lowest BCUT2D eigenvalue weighted by atomic mass is 10.1. The lowest BCUT2D eigenvalue weighted by Crippen LogP contribution is -2.10. The van der Waals surface area contributed by atoms with Crippen molar-refractivity contribution in [3.8, 4) is 23.1 Å². The highest BCUT2D eigenvalue weighted by Gasteiger charge is 2.14. The highest BCUT2D eigenvalue weighted by molar-refractivity contribution is 5.70. The summed E-state index contributed by atoms with van der Waals surface area (Å²) in [6.45, 7) is 4.48. The molecule has 7 nitrogen and oxygen atoms in total. The van der Waals surface area contributed by atoms with Gasteiger partial charge < -0.3 is 15.8 Å². The Balaban J connectivity index is 1.49. The number of ether oxygens (including phenoxy) is 1. The van der Waals surface area contributed by atoms with E-state index >= 15 is 0 Å². The van der Waals surface area contributed by atoms with Crippen molar-refractivity contribution in [2.24, 2.45) is 0 Å². The van der Waals surface area contributed by atoms with Crippen molar-refractivity contribution in [1.29, 1.82) is 5.26 Å². The molecule has 2 aromatic carbocycles. The third-order valence-corrected chi connectivity index (χ3v) is 4.79. The molecule has 4 aromatic rings. The normalized spacial score (nSPS) is 10.7. The number of benzene rings is 2. The van der Waals surface area contributed by atoms with Crippen LogP contribution < -0.4 is 15.8 Å². The number of nitrogen functional groups attached to an aromatic ring is 1. The molecule has 0 saturated heterocycles. The average molecular weight is 425 g/mol. The molecule has 0 radical (unpaired) electrons. The van der Waals surface area contributed by atoms with E-state index in [9.17, 15) is 5.26 Å². The van der Waals surface area contributed by atoms with E-state index in [1.54, 1.807) is 6.07 Å². The summed E-state index contributed by atoms with van der Waals surface area (Å²) in [6.07, 6.45) is 3.78. The highest BCUT2D eigenvalue weighted by atomic mass is 16.5. The van der Waals surface area contributed by atoms with Gasteiger partial charge in [0.15, 0.2) is 0 Å². The van der Waals surface area contributed by atoms with Gasteiger partial charge in [-0.1, -0.05) is 42.5 Å². The number of nitrogens with two attached hydrogens (primary N) is 1. The number of anilines is 3. The van der Waals surface area contributed by atoms with Crippen LogP contribution in [0.15, 0.2) is 73.1 Å². The molecule has 160 valence electrons. The Bertz CT molecular complexity index is 1240. The SMILES string of the molecule is CC(C)Oc1nc(Nc2ccc(-c3cnn(Cc4ccccc4)c3)cc2)cc(N)c1C#N. The van der Waals surface area contributed by atoms with Crippen molar-refractivity contribution in [2.45, 2.75) is 26.5 Å². The second-order valence-corrected chi connectivity index (χ2v) is 7.67. The quantitative estimate of drug-likeness (QED) is 0.434. The molecular formula is C25H24N6O. The topological polar surface area (TPSA) is 102 Å². The second-order valence-electron chi connectivity index (χ2n) is 7.67. The van der Waals surface area contributed by atoms with Gasteiger partial charge in [-0.2, -0.15) is 15.3 Å². The van der Waals surface area contributed by atoms with Crippen LogP contribution in [0.2, 0.25) is 0 Å². The molecule has 7 heteroatoms. The summed E-state index contributed by atoms with van der Waals surface area (Å²) in [4.78, 5) is 4.41. The molecule has 0 bridgehead atoms. The molecular weight excluding hydrogens is 400 g/mol. The molecule has 0 aliphatic heterocycles. The zero-order valence-corrected chi connectivity index (χ0v) is 18.0. The Morgan fingerprint density at radius 1 is 1.09 bits per heavy atom. The summed E-state index contributed by atoms with van der Waals surface area (Å²) in [5.41, 5.74) is 10.7. The van der Waals surface area contributed by atoms with Crippen LogP contribution in [0.5, 0.6) is 5.88 Å². The van der Waals surface area contributed by atoms with E-state index in [4.69, 9.17) is 10.5 Å². The van der Waals surface area contributed by atoms with Gasteiger partial charge in [0.25, 0.3) is 0 Å². The Morgan fingerprint density at radius 3 is 2.53 bits per heavy atom.